The molecular formula is C25H33N7OS. The normalized spacial score (nSPS) is 17.6. The molecule has 0 radical (unpaired) electrons. The fraction of sp³-hybridized carbons (Fsp3) is 0.520. The Labute approximate surface area is 205 Å². The van der Waals surface area contributed by atoms with Crippen LogP contribution in [-0.2, 0) is 0 Å². The van der Waals surface area contributed by atoms with Gasteiger partial charge >= 0.3 is 0 Å². The number of hydrogen-bond acceptors (Lipinski definition) is 8. The summed E-state index contributed by atoms with van der Waals surface area (Å²) in [6.07, 6.45) is 3.00. The standard InChI is InChI=1S/C25H33N7OS/c1-4-9-29-10-12-32(13-11-29)25(33)22-18(2)21-23(27-19(3)28-24(21)34-22)31-16-14-30(15-17-31)20-7-5-6-8-26-20/h5-8H,4,9-17H2,1-3H3. The molecule has 2 aliphatic heterocycles. The number of thiophene rings is 1. The van der Waals surface area contributed by atoms with Crippen molar-refractivity contribution in [3.63, 3.8) is 0 Å². The number of aryl methyl sites for hydroxylation is 2. The van der Waals surface area contributed by atoms with Gasteiger partial charge in [0.2, 0.25) is 0 Å². The Hall–Kier alpha value is -2.78. The van der Waals surface area contributed by atoms with E-state index in [2.05, 4.69) is 39.6 Å². The number of carbonyl (C=O) groups is 1. The van der Waals surface area contributed by atoms with Crippen molar-refractivity contribution in [3.05, 3.63) is 40.7 Å². The molecule has 3 aromatic rings. The number of anilines is 2. The third-order valence-corrected chi connectivity index (χ3v) is 8.00. The Morgan fingerprint density at radius 3 is 2.38 bits per heavy atom. The van der Waals surface area contributed by atoms with Crippen molar-refractivity contribution in [2.24, 2.45) is 0 Å². The minimum absolute atomic E-state index is 0.139. The highest BCUT2D eigenvalue weighted by atomic mass is 32.1. The second-order valence-corrected chi connectivity index (χ2v) is 10.1. The zero-order valence-corrected chi connectivity index (χ0v) is 21.1. The van der Waals surface area contributed by atoms with Crippen LogP contribution in [0, 0.1) is 13.8 Å². The van der Waals surface area contributed by atoms with Crippen molar-refractivity contribution >= 4 is 39.1 Å². The highest BCUT2D eigenvalue weighted by Crippen LogP contribution is 2.36. The van der Waals surface area contributed by atoms with E-state index in [0.29, 0.717) is 0 Å². The third kappa shape index (κ3) is 4.46. The summed E-state index contributed by atoms with van der Waals surface area (Å²) < 4.78 is 0. The maximum absolute atomic E-state index is 13.5. The smallest absolute Gasteiger partial charge is 0.264 e. The van der Waals surface area contributed by atoms with E-state index in [0.717, 1.165) is 103 Å². The van der Waals surface area contributed by atoms with Gasteiger partial charge in [-0.25, -0.2) is 15.0 Å². The van der Waals surface area contributed by atoms with Crippen LogP contribution < -0.4 is 9.80 Å². The average Bonchev–Trinajstić information content (AvgIpc) is 3.20. The molecule has 0 atom stereocenters. The molecule has 8 nitrogen and oxygen atoms in total. The molecule has 34 heavy (non-hydrogen) atoms. The molecule has 180 valence electrons. The van der Waals surface area contributed by atoms with E-state index in [1.54, 1.807) is 0 Å². The van der Waals surface area contributed by atoms with Crippen LogP contribution in [-0.4, -0.2) is 89.6 Å². The van der Waals surface area contributed by atoms with Crippen LogP contribution >= 0.6 is 11.3 Å². The molecule has 0 aromatic carbocycles. The van der Waals surface area contributed by atoms with Crippen molar-refractivity contribution in [3.8, 4) is 0 Å². The first kappa shape index (κ1) is 23.0. The van der Waals surface area contributed by atoms with Gasteiger partial charge in [0.15, 0.2) is 0 Å². The molecule has 1 amide bonds. The van der Waals surface area contributed by atoms with Gasteiger partial charge in [-0.15, -0.1) is 11.3 Å². The largest absolute Gasteiger partial charge is 0.353 e. The molecule has 2 saturated heterocycles. The molecule has 2 fully saturated rings. The van der Waals surface area contributed by atoms with E-state index < -0.39 is 0 Å². The average molecular weight is 480 g/mol. The summed E-state index contributed by atoms with van der Waals surface area (Å²) in [7, 11) is 0. The first-order chi connectivity index (χ1) is 16.5. The number of hydrogen-bond donors (Lipinski definition) is 0. The van der Waals surface area contributed by atoms with Gasteiger partial charge in [0.1, 0.15) is 22.3 Å². The molecule has 0 bridgehead atoms. The van der Waals surface area contributed by atoms with E-state index >= 15 is 0 Å². The van der Waals surface area contributed by atoms with E-state index in [4.69, 9.17) is 9.97 Å². The monoisotopic (exact) mass is 479 g/mol. The summed E-state index contributed by atoms with van der Waals surface area (Å²) in [6.45, 7) is 14.3. The van der Waals surface area contributed by atoms with Crippen LogP contribution in [0.5, 0.6) is 0 Å². The summed E-state index contributed by atoms with van der Waals surface area (Å²) >= 11 is 1.52. The summed E-state index contributed by atoms with van der Waals surface area (Å²) in [5.74, 6) is 2.87. The Morgan fingerprint density at radius 1 is 0.971 bits per heavy atom. The van der Waals surface area contributed by atoms with Crippen molar-refractivity contribution < 1.29 is 4.79 Å². The maximum atomic E-state index is 13.5. The second kappa shape index (κ2) is 9.84. The number of fused-ring (bicyclic) bond motifs is 1. The van der Waals surface area contributed by atoms with Crippen LogP contribution in [0.15, 0.2) is 24.4 Å². The lowest BCUT2D eigenvalue weighted by atomic mass is 10.1. The number of pyridine rings is 1. The quantitative estimate of drug-likeness (QED) is 0.557. The second-order valence-electron chi connectivity index (χ2n) is 9.13. The first-order valence-corrected chi connectivity index (χ1v) is 13.1. The van der Waals surface area contributed by atoms with E-state index in [9.17, 15) is 4.79 Å². The molecule has 5 rings (SSSR count). The molecule has 9 heteroatoms. The Balaban J connectivity index is 1.37. The zero-order chi connectivity index (χ0) is 23.7. The predicted octanol–water partition coefficient (Wildman–Crippen LogP) is 3.20. The summed E-state index contributed by atoms with van der Waals surface area (Å²) in [4.78, 5) is 38.4. The van der Waals surface area contributed by atoms with Crippen LogP contribution in [0.2, 0.25) is 0 Å². The number of amides is 1. The van der Waals surface area contributed by atoms with Crippen molar-refractivity contribution in [1.82, 2.24) is 24.8 Å². The Kier molecular flexibility index (Phi) is 6.65. The lowest BCUT2D eigenvalue weighted by molar-refractivity contribution is 0.0642. The van der Waals surface area contributed by atoms with E-state index in [-0.39, 0.29) is 5.91 Å². The van der Waals surface area contributed by atoms with E-state index in [1.807, 2.05) is 30.2 Å². The molecule has 2 aliphatic rings. The zero-order valence-electron chi connectivity index (χ0n) is 20.3. The Morgan fingerprint density at radius 2 is 1.71 bits per heavy atom. The fourth-order valence-corrected chi connectivity index (χ4v) is 6.17. The maximum Gasteiger partial charge on any atom is 0.264 e. The predicted molar refractivity (Wildman–Crippen MR) is 138 cm³/mol. The van der Waals surface area contributed by atoms with Gasteiger partial charge in [-0.3, -0.25) is 9.69 Å². The molecule has 0 spiro atoms. The van der Waals surface area contributed by atoms with Gasteiger partial charge in [0.25, 0.3) is 5.91 Å². The number of carbonyl (C=O) groups excluding carboxylic acids is 1. The van der Waals surface area contributed by atoms with Crippen molar-refractivity contribution in [2.45, 2.75) is 27.2 Å². The molecular weight excluding hydrogens is 446 g/mol. The first-order valence-electron chi connectivity index (χ1n) is 12.3. The minimum atomic E-state index is 0.139. The summed E-state index contributed by atoms with van der Waals surface area (Å²) in [5, 5.41) is 1.04. The van der Waals surface area contributed by atoms with Crippen LogP contribution in [0.4, 0.5) is 11.6 Å². The molecule has 0 unspecified atom stereocenters. The summed E-state index contributed by atoms with van der Waals surface area (Å²) in [5.41, 5.74) is 1.02. The van der Waals surface area contributed by atoms with Crippen LogP contribution in [0.3, 0.4) is 0 Å². The third-order valence-electron chi connectivity index (χ3n) is 6.83. The van der Waals surface area contributed by atoms with Gasteiger partial charge in [0.05, 0.1) is 10.3 Å². The highest BCUT2D eigenvalue weighted by molar-refractivity contribution is 7.20. The molecule has 0 N–H and O–H groups in total. The molecule has 5 heterocycles. The van der Waals surface area contributed by atoms with Gasteiger partial charge in [-0.2, -0.15) is 0 Å². The van der Waals surface area contributed by atoms with Crippen LogP contribution in [0.25, 0.3) is 10.2 Å². The highest BCUT2D eigenvalue weighted by Gasteiger charge is 2.28. The Bertz CT molecular complexity index is 1150. The number of aromatic nitrogens is 3. The number of rotatable bonds is 5. The van der Waals surface area contributed by atoms with Gasteiger partial charge in [-0.05, 0) is 44.5 Å². The molecule has 0 aliphatic carbocycles. The van der Waals surface area contributed by atoms with Gasteiger partial charge < -0.3 is 14.7 Å². The number of piperazine rings is 2. The fourth-order valence-electron chi connectivity index (χ4n) is 4.98. The van der Waals surface area contributed by atoms with E-state index in [1.165, 1.54) is 11.3 Å². The molecule has 3 aromatic heterocycles. The van der Waals surface area contributed by atoms with Crippen LogP contribution in [0.1, 0.15) is 34.4 Å². The van der Waals surface area contributed by atoms with Gasteiger partial charge in [-0.1, -0.05) is 13.0 Å². The topological polar surface area (TPSA) is 68.7 Å². The molecule has 0 saturated carbocycles. The lowest BCUT2D eigenvalue weighted by Gasteiger charge is -2.36. The SMILES string of the molecule is CCCN1CCN(C(=O)c2sc3nc(C)nc(N4CCN(c5ccccn5)CC4)c3c2C)CC1. The summed E-state index contributed by atoms with van der Waals surface area (Å²) in [6, 6.07) is 6.04. The van der Waals surface area contributed by atoms with Gasteiger partial charge in [0, 0.05) is 58.6 Å². The van der Waals surface area contributed by atoms with Crippen molar-refractivity contribution in [1.29, 1.82) is 0 Å². The minimum Gasteiger partial charge on any atom is -0.353 e. The lowest BCUT2D eigenvalue weighted by Crippen LogP contribution is -2.48. The van der Waals surface area contributed by atoms with Crippen molar-refractivity contribution in [2.75, 3.05) is 68.7 Å². The number of nitrogens with zero attached hydrogens (tertiary/aromatic N) is 7.